The number of carbonyl (C=O) groups is 1. The molecule has 1 amide bonds. The zero-order valence-corrected chi connectivity index (χ0v) is 16.2. The van der Waals surface area contributed by atoms with Gasteiger partial charge in [0, 0.05) is 17.7 Å². The minimum atomic E-state index is -0.381. The number of hydrogen-bond donors (Lipinski definition) is 3. The van der Waals surface area contributed by atoms with E-state index in [0.29, 0.717) is 39.5 Å². The number of thiophene rings is 1. The third-order valence-corrected chi connectivity index (χ3v) is 5.40. The topological polar surface area (TPSA) is 104 Å². The van der Waals surface area contributed by atoms with Gasteiger partial charge in [0.1, 0.15) is 4.83 Å². The molecule has 0 radical (unpaired) electrons. The van der Waals surface area contributed by atoms with Crippen LogP contribution in [-0.2, 0) is 6.42 Å². The van der Waals surface area contributed by atoms with Crippen molar-refractivity contribution in [2.75, 3.05) is 10.8 Å². The third-order valence-electron chi connectivity index (χ3n) is 4.41. The van der Waals surface area contributed by atoms with Crippen LogP contribution in [0.5, 0.6) is 0 Å². The summed E-state index contributed by atoms with van der Waals surface area (Å²) < 4.78 is 5.37. The van der Waals surface area contributed by atoms with Crippen molar-refractivity contribution in [1.82, 2.24) is 4.98 Å². The first-order valence-electron chi connectivity index (χ1n) is 8.82. The average molecular weight is 407 g/mol. The Morgan fingerprint density at radius 2 is 1.97 bits per heavy atom. The van der Waals surface area contributed by atoms with Crippen LogP contribution in [0, 0.1) is 6.92 Å². The highest BCUT2D eigenvalue weighted by Gasteiger charge is 2.12. The summed E-state index contributed by atoms with van der Waals surface area (Å²) in [5.41, 5.74) is 4.93. The summed E-state index contributed by atoms with van der Waals surface area (Å²) in [5, 5.41) is 14.1. The van der Waals surface area contributed by atoms with Gasteiger partial charge in [0.15, 0.2) is 0 Å². The molecule has 4 rings (SSSR count). The first kappa shape index (κ1) is 18.9. The predicted octanol–water partition coefficient (Wildman–Crippen LogP) is 4.20. The molecule has 4 aromatic rings. The molecule has 0 saturated heterocycles. The molecule has 0 aliphatic rings. The molecule has 0 aliphatic carbocycles. The fraction of sp³-hybridized carbons (Fsp3) is 0.0952. The van der Waals surface area contributed by atoms with Gasteiger partial charge < -0.3 is 9.73 Å². The van der Waals surface area contributed by atoms with Gasteiger partial charge in [-0.05, 0) is 59.8 Å². The lowest BCUT2D eigenvalue weighted by molar-refractivity contribution is 0.102. The highest BCUT2D eigenvalue weighted by atomic mass is 32.1. The zero-order chi connectivity index (χ0) is 20.4. The van der Waals surface area contributed by atoms with Gasteiger partial charge in [-0.3, -0.25) is 15.5 Å². The quantitative estimate of drug-likeness (QED) is 0.428. The second kappa shape index (κ2) is 7.86. The molecular weight excluding hydrogens is 390 g/mol. The zero-order valence-electron chi connectivity index (χ0n) is 15.4. The molecule has 8 heteroatoms. The minimum Gasteiger partial charge on any atom is -0.407 e. The maximum absolute atomic E-state index is 12.4. The molecule has 146 valence electrons. The number of aryl methyl sites for hydroxylation is 1. The van der Waals surface area contributed by atoms with Crippen molar-refractivity contribution in [3.8, 4) is 0 Å². The molecule has 0 aliphatic heterocycles. The molecule has 2 heterocycles. The Hall–Kier alpha value is -3.49. The maximum Gasteiger partial charge on any atom is 0.348 e. The number of hydrogen-bond acceptors (Lipinski definition) is 7. The molecule has 0 atom stereocenters. The van der Waals surface area contributed by atoms with Crippen LogP contribution in [0.25, 0.3) is 10.2 Å². The molecule has 0 saturated carbocycles. The van der Waals surface area contributed by atoms with Crippen molar-refractivity contribution in [3.63, 3.8) is 0 Å². The van der Waals surface area contributed by atoms with E-state index in [0.717, 1.165) is 11.1 Å². The molecule has 7 nitrogen and oxygen atoms in total. The summed E-state index contributed by atoms with van der Waals surface area (Å²) in [7, 11) is 0. The summed E-state index contributed by atoms with van der Waals surface area (Å²) in [6, 6.07) is 13.7. The summed E-state index contributed by atoms with van der Waals surface area (Å²) in [6.45, 7) is 1.86. The summed E-state index contributed by atoms with van der Waals surface area (Å²) >= 11 is 1.42. The fourth-order valence-corrected chi connectivity index (χ4v) is 3.89. The van der Waals surface area contributed by atoms with Gasteiger partial charge >= 0.3 is 5.63 Å². The Balaban J connectivity index is 1.52. The highest BCUT2D eigenvalue weighted by Crippen LogP contribution is 2.22. The van der Waals surface area contributed by atoms with Gasteiger partial charge in [-0.2, -0.15) is 0 Å². The number of carbonyl (C=O) groups excluding carboxylic acids is 1. The summed E-state index contributed by atoms with van der Waals surface area (Å²) in [6.07, 6.45) is 0.336. The van der Waals surface area contributed by atoms with Gasteiger partial charge in [0.25, 0.3) is 5.91 Å². The number of nitrogens with zero attached hydrogens (tertiary/aromatic N) is 1. The molecule has 3 N–H and O–H groups in total. The van der Waals surface area contributed by atoms with Crippen LogP contribution in [-0.4, -0.2) is 16.1 Å². The highest BCUT2D eigenvalue weighted by molar-refractivity contribution is 7.16. The standard InChI is InChI=1S/C21H17N3O4S/c1-12-11-29-20-18(12)21(26)28-17(23-20)10-13-3-2-4-16(9-13)22-19(25)14-5-7-15(24-27)8-6-14/h2-9,11,24,27H,10H2,1H3,(H,22,25). The molecule has 0 bridgehead atoms. The lowest BCUT2D eigenvalue weighted by atomic mass is 10.1. The Bertz CT molecular complexity index is 1250. The molecule has 0 fully saturated rings. The SMILES string of the molecule is Cc1csc2nc(Cc3cccc(NC(=O)c4ccc(NO)cc4)c3)oc(=O)c12. The molecular formula is C21H17N3O4S. The van der Waals surface area contributed by atoms with Crippen LogP contribution in [0.4, 0.5) is 11.4 Å². The summed E-state index contributed by atoms with van der Waals surface area (Å²) in [4.78, 5) is 29.7. The monoisotopic (exact) mass is 407 g/mol. The van der Waals surface area contributed by atoms with E-state index in [2.05, 4.69) is 10.3 Å². The number of rotatable bonds is 5. The third kappa shape index (κ3) is 4.03. The maximum atomic E-state index is 12.4. The number of anilines is 2. The number of aromatic nitrogens is 1. The van der Waals surface area contributed by atoms with E-state index >= 15 is 0 Å². The van der Waals surface area contributed by atoms with Crippen molar-refractivity contribution in [2.45, 2.75) is 13.3 Å². The van der Waals surface area contributed by atoms with Gasteiger partial charge in [-0.1, -0.05) is 12.1 Å². The van der Waals surface area contributed by atoms with Crippen LogP contribution in [0.15, 0.2) is 63.1 Å². The smallest absolute Gasteiger partial charge is 0.348 e. The lowest BCUT2D eigenvalue weighted by Gasteiger charge is -2.08. The molecule has 0 unspecified atom stereocenters. The molecule has 2 aromatic heterocycles. The fourth-order valence-electron chi connectivity index (χ4n) is 2.96. The van der Waals surface area contributed by atoms with E-state index in [9.17, 15) is 9.59 Å². The van der Waals surface area contributed by atoms with Gasteiger partial charge in [0.2, 0.25) is 5.89 Å². The molecule has 2 aromatic carbocycles. The first-order valence-corrected chi connectivity index (χ1v) is 9.70. The van der Waals surface area contributed by atoms with Gasteiger partial charge in [0.05, 0.1) is 11.1 Å². The number of amides is 1. The summed E-state index contributed by atoms with van der Waals surface area (Å²) in [5.74, 6) is 0.0618. The Morgan fingerprint density at radius 3 is 2.72 bits per heavy atom. The Morgan fingerprint density at radius 1 is 1.17 bits per heavy atom. The van der Waals surface area contributed by atoms with E-state index in [1.807, 2.05) is 36.0 Å². The second-order valence-corrected chi connectivity index (χ2v) is 7.37. The number of nitrogens with one attached hydrogen (secondary N) is 2. The van der Waals surface area contributed by atoms with E-state index in [1.54, 1.807) is 30.3 Å². The number of benzene rings is 2. The van der Waals surface area contributed by atoms with Crippen LogP contribution in [0.1, 0.15) is 27.4 Å². The Labute approximate surface area is 169 Å². The van der Waals surface area contributed by atoms with Crippen molar-refractivity contribution in [2.24, 2.45) is 0 Å². The first-order chi connectivity index (χ1) is 14.0. The second-order valence-electron chi connectivity index (χ2n) is 6.51. The molecule has 29 heavy (non-hydrogen) atoms. The molecule has 0 spiro atoms. The van der Waals surface area contributed by atoms with Crippen LogP contribution >= 0.6 is 11.3 Å². The normalized spacial score (nSPS) is 10.8. The van der Waals surface area contributed by atoms with Gasteiger partial charge in [-0.25, -0.2) is 9.78 Å². The lowest BCUT2D eigenvalue weighted by Crippen LogP contribution is -2.12. The predicted molar refractivity (Wildman–Crippen MR) is 112 cm³/mol. The van der Waals surface area contributed by atoms with Crippen LogP contribution < -0.4 is 16.4 Å². The van der Waals surface area contributed by atoms with Crippen LogP contribution in [0.3, 0.4) is 0 Å². The van der Waals surface area contributed by atoms with Crippen molar-refractivity contribution < 1.29 is 14.4 Å². The van der Waals surface area contributed by atoms with E-state index in [-0.39, 0.29) is 11.5 Å². The minimum absolute atomic E-state index is 0.272. The number of fused-ring (bicyclic) bond motifs is 1. The van der Waals surface area contributed by atoms with Crippen LogP contribution in [0.2, 0.25) is 0 Å². The Kier molecular flexibility index (Phi) is 5.11. The van der Waals surface area contributed by atoms with E-state index in [1.165, 1.54) is 11.3 Å². The van der Waals surface area contributed by atoms with Crippen molar-refractivity contribution in [1.29, 1.82) is 0 Å². The van der Waals surface area contributed by atoms with Crippen molar-refractivity contribution in [3.05, 3.63) is 86.9 Å². The average Bonchev–Trinajstić information content (AvgIpc) is 3.09. The van der Waals surface area contributed by atoms with Crippen molar-refractivity contribution >= 4 is 38.8 Å². The van der Waals surface area contributed by atoms with E-state index in [4.69, 9.17) is 9.62 Å². The largest absolute Gasteiger partial charge is 0.407 e. The van der Waals surface area contributed by atoms with Gasteiger partial charge in [-0.15, -0.1) is 11.3 Å². The van der Waals surface area contributed by atoms with E-state index < -0.39 is 0 Å².